The normalized spacial score (nSPS) is 12.5. The van der Waals surface area contributed by atoms with E-state index in [1.165, 1.54) is 6.26 Å². The predicted octanol–water partition coefficient (Wildman–Crippen LogP) is 5.36. The number of ketones is 1. The molecule has 1 unspecified atom stereocenters. The van der Waals surface area contributed by atoms with Crippen LogP contribution in [0.15, 0.2) is 36.4 Å². The van der Waals surface area contributed by atoms with Crippen LogP contribution in [-0.2, 0) is 10.8 Å². The van der Waals surface area contributed by atoms with Gasteiger partial charge in [0.15, 0.2) is 5.78 Å². The topological polar surface area (TPSA) is 49.9 Å². The van der Waals surface area contributed by atoms with Gasteiger partial charge in [-0.1, -0.05) is 65.1 Å². The molecular weight excluding hydrogens is 389 g/mol. The lowest BCUT2D eigenvalue weighted by Gasteiger charge is -2.06. The van der Waals surface area contributed by atoms with Crippen LogP contribution in [0.1, 0.15) is 10.5 Å². The van der Waals surface area contributed by atoms with Gasteiger partial charge in [-0.15, -0.1) is 0 Å². The minimum absolute atomic E-state index is 0.0776. The van der Waals surface area contributed by atoms with Crippen molar-refractivity contribution in [1.82, 2.24) is 4.98 Å². The molecule has 3 rings (SSSR count). The van der Waals surface area contributed by atoms with Crippen molar-refractivity contribution in [3.8, 4) is 11.1 Å². The van der Waals surface area contributed by atoms with Gasteiger partial charge in [0.2, 0.25) is 0 Å². The summed E-state index contributed by atoms with van der Waals surface area (Å²) in [5, 5.41) is 1.45. The zero-order valence-corrected chi connectivity index (χ0v) is 15.6. The summed E-state index contributed by atoms with van der Waals surface area (Å²) >= 11 is 18.7. The Balaban J connectivity index is 2.37. The largest absolute Gasteiger partial charge is 0.351 e. The molecule has 0 saturated carbocycles. The molecule has 2 aromatic carbocycles. The van der Waals surface area contributed by atoms with Crippen LogP contribution in [0.3, 0.4) is 0 Å². The first-order valence-corrected chi connectivity index (χ1v) is 9.84. The second-order valence-corrected chi connectivity index (χ2v) is 7.89. The van der Waals surface area contributed by atoms with E-state index in [1.807, 2.05) is 30.3 Å². The summed E-state index contributed by atoms with van der Waals surface area (Å²) in [6.45, 7) is 0. The third-order valence-electron chi connectivity index (χ3n) is 3.60. The van der Waals surface area contributed by atoms with Gasteiger partial charge in [-0.25, -0.2) is 0 Å². The maximum Gasteiger partial charge on any atom is 0.192 e. The standard InChI is InChI=1S/C17H12Cl3NO2S/c1-24(23)8-12(22)17-13(9-5-3-2-4-6-9)14-11(21-17)7-10(18)15(19)16(14)20/h2-7,21H,8H2,1H3. The molecule has 0 radical (unpaired) electrons. The molecule has 3 nitrogen and oxygen atoms in total. The molecule has 0 spiro atoms. The Morgan fingerprint density at radius 1 is 1.12 bits per heavy atom. The van der Waals surface area contributed by atoms with E-state index >= 15 is 0 Å². The highest BCUT2D eigenvalue weighted by Gasteiger charge is 2.23. The molecule has 24 heavy (non-hydrogen) atoms. The minimum Gasteiger partial charge on any atom is -0.351 e. The number of rotatable bonds is 4. The Labute approximate surface area is 156 Å². The van der Waals surface area contributed by atoms with Gasteiger partial charge in [0, 0.05) is 33.5 Å². The van der Waals surface area contributed by atoms with Crippen molar-refractivity contribution in [3.63, 3.8) is 0 Å². The van der Waals surface area contributed by atoms with Gasteiger partial charge in [0.05, 0.1) is 26.5 Å². The average Bonchev–Trinajstić information content (AvgIpc) is 2.92. The summed E-state index contributed by atoms with van der Waals surface area (Å²) in [5.41, 5.74) is 2.42. The molecule has 0 aliphatic heterocycles. The van der Waals surface area contributed by atoms with Gasteiger partial charge in [-0.3, -0.25) is 9.00 Å². The number of nitrogens with one attached hydrogen (secondary N) is 1. The Bertz CT molecular complexity index is 967. The molecule has 0 bridgehead atoms. The maximum atomic E-state index is 12.6. The van der Waals surface area contributed by atoms with Crippen LogP contribution in [0.5, 0.6) is 0 Å². The van der Waals surface area contributed by atoms with Crippen molar-refractivity contribution in [2.24, 2.45) is 0 Å². The number of carbonyl (C=O) groups is 1. The molecule has 1 atom stereocenters. The number of benzene rings is 2. The highest BCUT2D eigenvalue weighted by Crippen LogP contribution is 2.43. The Morgan fingerprint density at radius 2 is 1.79 bits per heavy atom. The summed E-state index contributed by atoms with van der Waals surface area (Å²) in [6, 6.07) is 11.0. The highest BCUT2D eigenvalue weighted by atomic mass is 35.5. The van der Waals surface area contributed by atoms with Crippen LogP contribution in [0, 0.1) is 0 Å². The molecule has 0 fully saturated rings. The van der Waals surface area contributed by atoms with Gasteiger partial charge in [-0.05, 0) is 11.6 Å². The van der Waals surface area contributed by atoms with Crippen molar-refractivity contribution in [2.75, 3.05) is 12.0 Å². The zero-order chi connectivity index (χ0) is 17.4. The smallest absolute Gasteiger partial charge is 0.192 e. The fourth-order valence-electron chi connectivity index (χ4n) is 2.62. The predicted molar refractivity (Wildman–Crippen MR) is 102 cm³/mol. The van der Waals surface area contributed by atoms with Gasteiger partial charge >= 0.3 is 0 Å². The van der Waals surface area contributed by atoms with Gasteiger partial charge in [-0.2, -0.15) is 0 Å². The average molecular weight is 401 g/mol. The summed E-state index contributed by atoms with van der Waals surface area (Å²) in [5.74, 6) is -0.333. The monoisotopic (exact) mass is 399 g/mol. The summed E-state index contributed by atoms with van der Waals surface area (Å²) < 4.78 is 11.5. The van der Waals surface area contributed by atoms with E-state index in [0.29, 0.717) is 27.2 Å². The number of halogens is 3. The number of Topliss-reactive ketones (excluding diaryl/α,β-unsaturated/α-hetero) is 1. The van der Waals surface area contributed by atoms with Crippen molar-refractivity contribution < 1.29 is 9.00 Å². The number of hydrogen-bond acceptors (Lipinski definition) is 2. The molecule has 0 aliphatic carbocycles. The first-order valence-electron chi connectivity index (χ1n) is 6.98. The SMILES string of the molecule is CS(=O)CC(=O)c1[nH]c2cc(Cl)c(Cl)c(Cl)c2c1-c1ccccc1. The van der Waals surface area contributed by atoms with E-state index in [9.17, 15) is 9.00 Å². The van der Waals surface area contributed by atoms with E-state index in [0.717, 1.165) is 5.56 Å². The van der Waals surface area contributed by atoms with Crippen LogP contribution in [0.4, 0.5) is 0 Å². The maximum absolute atomic E-state index is 12.6. The van der Waals surface area contributed by atoms with E-state index in [-0.39, 0.29) is 21.6 Å². The van der Waals surface area contributed by atoms with Crippen LogP contribution in [0.2, 0.25) is 15.1 Å². The van der Waals surface area contributed by atoms with E-state index in [1.54, 1.807) is 6.07 Å². The van der Waals surface area contributed by atoms with Crippen LogP contribution < -0.4 is 0 Å². The van der Waals surface area contributed by atoms with Crippen LogP contribution in [0.25, 0.3) is 22.0 Å². The molecule has 1 aromatic heterocycles. The lowest BCUT2D eigenvalue weighted by Crippen LogP contribution is -2.11. The number of H-pyrrole nitrogens is 1. The molecular formula is C17H12Cl3NO2S. The molecule has 0 aliphatic rings. The van der Waals surface area contributed by atoms with Gasteiger partial charge < -0.3 is 4.98 Å². The third-order valence-corrected chi connectivity index (χ3v) is 5.53. The first-order chi connectivity index (χ1) is 11.4. The lowest BCUT2D eigenvalue weighted by molar-refractivity contribution is 0.101. The van der Waals surface area contributed by atoms with Gasteiger partial charge in [0.25, 0.3) is 0 Å². The number of aromatic nitrogens is 1. The minimum atomic E-state index is -1.25. The number of hydrogen-bond donors (Lipinski definition) is 1. The lowest BCUT2D eigenvalue weighted by atomic mass is 10.0. The zero-order valence-electron chi connectivity index (χ0n) is 12.5. The number of carbonyl (C=O) groups excluding carboxylic acids is 1. The summed E-state index contributed by atoms with van der Waals surface area (Å²) in [6.07, 6.45) is 1.49. The first kappa shape index (κ1) is 17.5. The van der Waals surface area contributed by atoms with Gasteiger partial charge in [0.1, 0.15) is 0 Å². The molecule has 3 aromatic rings. The molecule has 7 heteroatoms. The van der Waals surface area contributed by atoms with Crippen molar-refractivity contribution in [2.45, 2.75) is 0 Å². The number of fused-ring (bicyclic) bond motifs is 1. The molecule has 0 amide bonds. The second kappa shape index (κ2) is 6.89. The highest BCUT2D eigenvalue weighted by molar-refractivity contribution is 7.85. The number of aromatic amines is 1. The van der Waals surface area contributed by atoms with E-state index in [2.05, 4.69) is 4.98 Å². The van der Waals surface area contributed by atoms with Crippen molar-refractivity contribution >= 4 is 62.3 Å². The Hall–Kier alpha value is -1.33. The third kappa shape index (κ3) is 3.11. The molecule has 1 heterocycles. The van der Waals surface area contributed by atoms with E-state index in [4.69, 9.17) is 34.8 Å². The van der Waals surface area contributed by atoms with Crippen molar-refractivity contribution in [1.29, 1.82) is 0 Å². The molecule has 1 N–H and O–H groups in total. The Kier molecular flexibility index (Phi) is 5.02. The molecule has 0 saturated heterocycles. The fourth-order valence-corrected chi connectivity index (χ4v) is 3.83. The Morgan fingerprint density at radius 3 is 2.42 bits per heavy atom. The van der Waals surface area contributed by atoms with Crippen molar-refractivity contribution in [3.05, 3.63) is 57.2 Å². The van der Waals surface area contributed by atoms with Crippen LogP contribution >= 0.6 is 34.8 Å². The van der Waals surface area contributed by atoms with E-state index < -0.39 is 10.8 Å². The second-order valence-electron chi connectivity index (χ2n) is 5.29. The summed E-state index contributed by atoms with van der Waals surface area (Å²) in [7, 11) is -1.25. The quantitative estimate of drug-likeness (QED) is 0.473. The fraction of sp³-hybridized carbons (Fsp3) is 0.118. The summed E-state index contributed by atoms with van der Waals surface area (Å²) in [4.78, 5) is 15.6. The molecule has 124 valence electrons. The van der Waals surface area contributed by atoms with Crippen LogP contribution in [-0.4, -0.2) is 27.0 Å².